The molecule has 0 fully saturated rings. The van der Waals surface area contributed by atoms with Crippen LogP contribution in [0.3, 0.4) is 0 Å². The number of rotatable bonds is 9. The van der Waals surface area contributed by atoms with Gasteiger partial charge in [0.05, 0.1) is 12.3 Å². The molecule has 0 aliphatic carbocycles. The summed E-state index contributed by atoms with van der Waals surface area (Å²) in [5.41, 5.74) is 3.61. The molecule has 9 heteroatoms. The number of ether oxygens (including phenoxy) is 1. The van der Waals surface area contributed by atoms with Crippen LogP contribution in [0.4, 0.5) is 17.6 Å². The number of carbonyl (C=O) groups excluding carboxylic acids is 1. The number of benzene rings is 1. The molecule has 0 saturated heterocycles. The van der Waals surface area contributed by atoms with Crippen molar-refractivity contribution in [2.24, 2.45) is 0 Å². The van der Waals surface area contributed by atoms with E-state index in [9.17, 15) is 22.4 Å². The van der Waals surface area contributed by atoms with E-state index in [2.05, 4.69) is 5.10 Å². The van der Waals surface area contributed by atoms with Crippen molar-refractivity contribution < 1.29 is 27.1 Å². The smallest absolute Gasteiger partial charge is 0.330 e. The van der Waals surface area contributed by atoms with E-state index in [0.29, 0.717) is 17.7 Å². The predicted molar refractivity (Wildman–Crippen MR) is 100 cm³/mol. The number of halogens is 4. The van der Waals surface area contributed by atoms with E-state index in [-0.39, 0.29) is 12.5 Å². The Morgan fingerprint density at radius 1 is 1.31 bits per heavy atom. The second-order valence-corrected chi connectivity index (χ2v) is 6.88. The zero-order valence-corrected chi connectivity index (χ0v) is 16.9. The van der Waals surface area contributed by atoms with Crippen molar-refractivity contribution in [3.63, 3.8) is 0 Å². The maximum Gasteiger partial charge on any atom is 0.330 e. The van der Waals surface area contributed by atoms with Crippen LogP contribution in [0.25, 0.3) is 0 Å². The summed E-state index contributed by atoms with van der Waals surface area (Å²) in [5.74, 6) is -4.46. The maximum atomic E-state index is 12.9. The largest absolute Gasteiger partial charge is 0.370 e. The first-order valence-corrected chi connectivity index (χ1v) is 9.17. The molecule has 0 aliphatic rings. The molecule has 0 bridgehead atoms. The number of aryl methyl sites for hydroxylation is 2. The summed E-state index contributed by atoms with van der Waals surface area (Å²) in [5, 5.41) is 4.44. The third kappa shape index (κ3) is 5.56. The molecule has 1 heterocycles. The maximum absolute atomic E-state index is 12.9. The molecular formula is C20H25F4N3O2. The van der Waals surface area contributed by atoms with Gasteiger partial charge in [-0.05, 0) is 38.5 Å². The molecule has 2 aromatic rings. The number of carbonyl (C=O) groups is 1. The molecule has 1 aromatic heterocycles. The Hall–Kier alpha value is -2.42. The van der Waals surface area contributed by atoms with E-state index in [1.165, 1.54) is 6.07 Å². The van der Waals surface area contributed by atoms with Crippen LogP contribution in [0.15, 0.2) is 24.3 Å². The summed E-state index contributed by atoms with van der Waals surface area (Å²) in [7, 11) is 1.66. The Morgan fingerprint density at radius 3 is 2.59 bits per heavy atom. The Bertz CT molecular complexity index is 852. The van der Waals surface area contributed by atoms with Gasteiger partial charge in [0.2, 0.25) is 0 Å². The van der Waals surface area contributed by atoms with Crippen molar-refractivity contribution in [3.8, 4) is 0 Å². The number of alkyl halides is 4. The topological polar surface area (TPSA) is 47.4 Å². The highest BCUT2D eigenvalue weighted by molar-refractivity contribution is 5.94. The fourth-order valence-electron chi connectivity index (χ4n) is 2.96. The lowest BCUT2D eigenvalue weighted by molar-refractivity contribution is -0.168. The lowest BCUT2D eigenvalue weighted by atomic mass is 10.1. The van der Waals surface area contributed by atoms with Crippen LogP contribution in [0, 0.1) is 13.8 Å². The van der Waals surface area contributed by atoms with Gasteiger partial charge in [-0.25, -0.2) is 8.78 Å². The molecule has 0 N–H and O–H groups in total. The molecule has 160 valence electrons. The van der Waals surface area contributed by atoms with Crippen molar-refractivity contribution in [3.05, 3.63) is 52.3 Å². The second kappa shape index (κ2) is 9.39. The van der Waals surface area contributed by atoms with Crippen LogP contribution in [-0.2, 0) is 24.4 Å². The first-order chi connectivity index (χ1) is 13.6. The third-order valence-corrected chi connectivity index (χ3v) is 4.63. The van der Waals surface area contributed by atoms with Gasteiger partial charge in [0.15, 0.2) is 0 Å². The van der Waals surface area contributed by atoms with Crippen molar-refractivity contribution in [2.75, 3.05) is 13.7 Å². The van der Waals surface area contributed by atoms with Gasteiger partial charge in [0.25, 0.3) is 5.91 Å². The van der Waals surface area contributed by atoms with Crippen molar-refractivity contribution in [1.29, 1.82) is 0 Å². The highest BCUT2D eigenvalue weighted by atomic mass is 19.3. The quantitative estimate of drug-likeness (QED) is 0.577. The van der Waals surface area contributed by atoms with Crippen molar-refractivity contribution in [1.82, 2.24) is 14.7 Å². The summed E-state index contributed by atoms with van der Waals surface area (Å²) in [6, 6.07) is 6.29. The number of hydrogen-bond acceptors (Lipinski definition) is 3. The lowest BCUT2D eigenvalue weighted by Crippen LogP contribution is -2.32. The fourth-order valence-corrected chi connectivity index (χ4v) is 2.96. The summed E-state index contributed by atoms with van der Waals surface area (Å²) in [6.07, 6.45) is -3.78. The van der Waals surface area contributed by atoms with Crippen molar-refractivity contribution in [2.45, 2.75) is 52.8 Å². The molecule has 0 spiro atoms. The molecule has 1 amide bonds. The van der Waals surface area contributed by atoms with Crippen LogP contribution in [-0.4, -0.2) is 46.6 Å². The van der Waals surface area contributed by atoms with E-state index in [1.807, 2.05) is 25.5 Å². The fraction of sp³-hybridized carbons (Fsp3) is 0.500. The molecule has 0 saturated carbocycles. The summed E-state index contributed by atoms with van der Waals surface area (Å²) in [6.45, 7) is 5.25. The van der Waals surface area contributed by atoms with Crippen LogP contribution >= 0.6 is 0 Å². The zero-order valence-electron chi connectivity index (χ0n) is 16.9. The number of nitrogens with zero attached hydrogens (tertiary/aromatic N) is 3. The third-order valence-electron chi connectivity index (χ3n) is 4.63. The Labute approximate surface area is 167 Å². The number of aromatic nitrogens is 2. The minimum absolute atomic E-state index is 0.257. The predicted octanol–water partition coefficient (Wildman–Crippen LogP) is 4.21. The lowest BCUT2D eigenvalue weighted by Gasteiger charge is -2.18. The van der Waals surface area contributed by atoms with Crippen LogP contribution in [0.5, 0.6) is 0 Å². The van der Waals surface area contributed by atoms with Gasteiger partial charge in [0.1, 0.15) is 6.61 Å². The van der Waals surface area contributed by atoms with E-state index < -0.39 is 19.0 Å². The highest BCUT2D eigenvalue weighted by Gasteiger charge is 2.40. The second-order valence-electron chi connectivity index (χ2n) is 6.88. The zero-order chi connectivity index (χ0) is 21.8. The molecule has 0 atom stereocenters. The van der Waals surface area contributed by atoms with E-state index in [0.717, 1.165) is 23.5 Å². The summed E-state index contributed by atoms with van der Waals surface area (Å²) >= 11 is 0. The van der Waals surface area contributed by atoms with Gasteiger partial charge < -0.3 is 9.64 Å². The van der Waals surface area contributed by atoms with E-state index in [1.54, 1.807) is 30.1 Å². The van der Waals surface area contributed by atoms with Gasteiger partial charge in [-0.15, -0.1) is 0 Å². The highest BCUT2D eigenvalue weighted by Crippen LogP contribution is 2.23. The first kappa shape index (κ1) is 22.9. The van der Waals surface area contributed by atoms with Gasteiger partial charge in [0, 0.05) is 37.0 Å². The molecule has 1 aromatic carbocycles. The van der Waals surface area contributed by atoms with Gasteiger partial charge in [-0.2, -0.15) is 13.9 Å². The molecule has 0 unspecified atom stereocenters. The van der Waals surface area contributed by atoms with Crippen molar-refractivity contribution >= 4 is 5.91 Å². The minimum atomic E-state index is -4.20. The summed E-state index contributed by atoms with van der Waals surface area (Å²) in [4.78, 5) is 14.3. The standard InChI is InChI=1S/C20H25F4N3O2/c1-5-27-14(3)17(13(2)25-27)10-26(4)18(28)16-8-6-7-15(9-16)11-29-12-20(23,24)19(21)22/h6-9,19H,5,10-12H2,1-4H3. The van der Waals surface area contributed by atoms with Gasteiger partial charge in [-0.3, -0.25) is 9.48 Å². The van der Waals surface area contributed by atoms with Crippen LogP contribution in [0.1, 0.15) is 39.8 Å². The summed E-state index contributed by atoms with van der Waals surface area (Å²) < 4.78 is 56.8. The molecule has 0 aliphatic heterocycles. The van der Waals surface area contributed by atoms with Crippen LogP contribution < -0.4 is 0 Å². The van der Waals surface area contributed by atoms with E-state index >= 15 is 0 Å². The van der Waals surface area contributed by atoms with Crippen LogP contribution in [0.2, 0.25) is 0 Å². The molecular weight excluding hydrogens is 390 g/mol. The Morgan fingerprint density at radius 2 is 2.00 bits per heavy atom. The Balaban J connectivity index is 2.04. The van der Waals surface area contributed by atoms with E-state index in [4.69, 9.17) is 4.74 Å². The molecule has 5 nitrogen and oxygen atoms in total. The molecule has 29 heavy (non-hydrogen) atoms. The van der Waals surface area contributed by atoms with Gasteiger partial charge in [-0.1, -0.05) is 12.1 Å². The monoisotopic (exact) mass is 415 g/mol. The normalized spacial score (nSPS) is 11.9. The average molecular weight is 415 g/mol. The number of amides is 1. The minimum Gasteiger partial charge on any atom is -0.370 e. The first-order valence-electron chi connectivity index (χ1n) is 9.17. The SMILES string of the molecule is CCn1nc(C)c(CN(C)C(=O)c2cccc(COCC(F)(F)C(F)F)c2)c1C. The number of hydrogen-bond donors (Lipinski definition) is 0. The molecule has 0 radical (unpaired) electrons. The average Bonchev–Trinajstić information content (AvgIpc) is 2.94. The Kier molecular flexibility index (Phi) is 7.40. The van der Waals surface area contributed by atoms with Gasteiger partial charge >= 0.3 is 12.3 Å². The molecule has 2 rings (SSSR count).